The molecule has 0 aliphatic carbocycles. The van der Waals surface area contributed by atoms with Gasteiger partial charge in [0.25, 0.3) is 0 Å². The Morgan fingerprint density at radius 3 is 2.58 bits per heavy atom. The second-order valence-electron chi connectivity index (χ2n) is 4.76. The Kier molecular flexibility index (Phi) is 6.63. The lowest BCUT2D eigenvalue weighted by Gasteiger charge is -2.21. The van der Waals surface area contributed by atoms with Gasteiger partial charge in [0, 0.05) is 22.6 Å². The molecule has 1 aromatic carbocycles. The van der Waals surface area contributed by atoms with Crippen molar-refractivity contribution in [3.8, 4) is 0 Å². The maximum atomic E-state index is 11.7. The first-order valence-corrected chi connectivity index (χ1v) is 7.13. The van der Waals surface area contributed by atoms with E-state index in [1.807, 2.05) is 37.8 Å². The number of nitrogens with one attached hydrogen (secondary N) is 1. The van der Waals surface area contributed by atoms with E-state index in [9.17, 15) is 4.79 Å². The highest BCUT2D eigenvalue weighted by Gasteiger charge is 2.12. The van der Waals surface area contributed by atoms with Crippen LogP contribution in [0.1, 0.15) is 26.3 Å². The number of halogens is 2. The number of amides is 1. The van der Waals surface area contributed by atoms with Crippen LogP contribution in [0.25, 0.3) is 0 Å². The fourth-order valence-electron chi connectivity index (χ4n) is 1.74. The molecular formula is C14H20Cl2N2O. The number of rotatable bonds is 6. The fraction of sp³-hybridized carbons (Fsp3) is 0.500. The average molecular weight is 303 g/mol. The van der Waals surface area contributed by atoms with Crippen molar-refractivity contribution >= 4 is 29.1 Å². The van der Waals surface area contributed by atoms with E-state index >= 15 is 0 Å². The Hall–Kier alpha value is -0.770. The van der Waals surface area contributed by atoms with Gasteiger partial charge in [0.05, 0.1) is 6.54 Å². The molecule has 0 fully saturated rings. The van der Waals surface area contributed by atoms with Gasteiger partial charge in [0.2, 0.25) is 5.91 Å². The van der Waals surface area contributed by atoms with Gasteiger partial charge in [0.1, 0.15) is 0 Å². The first-order valence-electron chi connectivity index (χ1n) is 6.38. The first-order chi connectivity index (χ1) is 8.92. The summed E-state index contributed by atoms with van der Waals surface area (Å²) < 4.78 is 0. The molecule has 0 saturated carbocycles. The van der Waals surface area contributed by atoms with Crippen LogP contribution in [0, 0.1) is 0 Å². The van der Waals surface area contributed by atoms with Crippen molar-refractivity contribution in [1.29, 1.82) is 0 Å². The van der Waals surface area contributed by atoms with Crippen molar-refractivity contribution in [2.45, 2.75) is 33.4 Å². The van der Waals surface area contributed by atoms with Crippen molar-refractivity contribution < 1.29 is 4.79 Å². The molecule has 1 aromatic rings. The summed E-state index contributed by atoms with van der Waals surface area (Å²) in [4.78, 5) is 13.8. The molecule has 0 spiro atoms. The molecule has 5 heteroatoms. The van der Waals surface area contributed by atoms with Crippen LogP contribution in [0.3, 0.4) is 0 Å². The number of likely N-dealkylation sites (N-methyl/N-ethyl adjacent to an activating group) is 1. The van der Waals surface area contributed by atoms with Crippen molar-refractivity contribution in [3.63, 3.8) is 0 Å². The van der Waals surface area contributed by atoms with E-state index in [4.69, 9.17) is 23.2 Å². The molecule has 0 aliphatic rings. The monoisotopic (exact) mass is 302 g/mol. The summed E-state index contributed by atoms with van der Waals surface area (Å²) in [5.41, 5.74) is 0.977. The lowest BCUT2D eigenvalue weighted by molar-refractivity contribution is -0.122. The Morgan fingerprint density at radius 2 is 2.05 bits per heavy atom. The molecule has 0 aliphatic heterocycles. The van der Waals surface area contributed by atoms with Crippen LogP contribution in [0.15, 0.2) is 18.2 Å². The van der Waals surface area contributed by atoms with E-state index < -0.39 is 0 Å². The largest absolute Gasteiger partial charge is 0.353 e. The van der Waals surface area contributed by atoms with E-state index in [2.05, 4.69) is 5.32 Å². The van der Waals surface area contributed by atoms with Crippen LogP contribution < -0.4 is 5.32 Å². The first kappa shape index (κ1) is 16.3. The number of carbonyl (C=O) groups is 1. The second kappa shape index (κ2) is 7.73. The molecule has 3 nitrogen and oxygen atoms in total. The quantitative estimate of drug-likeness (QED) is 0.874. The molecule has 0 saturated heterocycles. The average Bonchev–Trinajstić information content (AvgIpc) is 2.30. The molecule has 1 rings (SSSR count). The summed E-state index contributed by atoms with van der Waals surface area (Å²) in [7, 11) is 0. The van der Waals surface area contributed by atoms with E-state index in [0.717, 1.165) is 12.1 Å². The van der Waals surface area contributed by atoms with Crippen LogP contribution in [0.4, 0.5) is 0 Å². The van der Waals surface area contributed by atoms with Crippen molar-refractivity contribution in [2.75, 3.05) is 13.1 Å². The van der Waals surface area contributed by atoms with Crippen LogP contribution in [0.5, 0.6) is 0 Å². The van der Waals surface area contributed by atoms with E-state index in [0.29, 0.717) is 23.1 Å². The summed E-state index contributed by atoms with van der Waals surface area (Å²) in [5, 5.41) is 4.14. The van der Waals surface area contributed by atoms with Crippen LogP contribution in [-0.4, -0.2) is 29.9 Å². The molecule has 0 bridgehead atoms. The van der Waals surface area contributed by atoms with Gasteiger partial charge in [-0.3, -0.25) is 9.69 Å². The summed E-state index contributed by atoms with van der Waals surface area (Å²) in [5.74, 6) is 0.0296. The fourth-order valence-corrected chi connectivity index (χ4v) is 2.21. The number of hydrogen-bond donors (Lipinski definition) is 1. The Morgan fingerprint density at radius 1 is 1.37 bits per heavy atom. The summed E-state index contributed by atoms with van der Waals surface area (Å²) >= 11 is 12.0. The van der Waals surface area contributed by atoms with Crippen molar-refractivity contribution in [3.05, 3.63) is 33.8 Å². The van der Waals surface area contributed by atoms with Crippen LogP contribution >= 0.6 is 23.2 Å². The predicted molar refractivity (Wildman–Crippen MR) is 80.7 cm³/mol. The van der Waals surface area contributed by atoms with Gasteiger partial charge in [0.15, 0.2) is 0 Å². The van der Waals surface area contributed by atoms with Gasteiger partial charge in [-0.15, -0.1) is 0 Å². The van der Waals surface area contributed by atoms with Gasteiger partial charge in [-0.2, -0.15) is 0 Å². The maximum absolute atomic E-state index is 11.7. The van der Waals surface area contributed by atoms with Gasteiger partial charge < -0.3 is 5.32 Å². The molecule has 0 radical (unpaired) electrons. The molecule has 1 amide bonds. The predicted octanol–water partition coefficient (Wildman–Crippen LogP) is 3.34. The Labute approximate surface area is 124 Å². The topological polar surface area (TPSA) is 32.3 Å². The highest BCUT2D eigenvalue weighted by atomic mass is 35.5. The number of carbonyl (C=O) groups excluding carboxylic acids is 1. The zero-order valence-electron chi connectivity index (χ0n) is 11.5. The molecule has 0 atom stereocenters. The standard InChI is InChI=1S/C14H20Cl2N2O/c1-4-18(9-14(19)17-10(2)3)8-11-5-6-12(15)7-13(11)16/h5-7,10H,4,8-9H2,1-3H3,(H,17,19). The van der Waals surface area contributed by atoms with Crippen LogP contribution in [0.2, 0.25) is 10.0 Å². The lowest BCUT2D eigenvalue weighted by atomic mass is 10.2. The van der Waals surface area contributed by atoms with E-state index in [1.165, 1.54) is 0 Å². The number of nitrogens with zero attached hydrogens (tertiary/aromatic N) is 1. The summed E-state index contributed by atoms with van der Waals surface area (Å²) in [6, 6.07) is 5.59. The SMILES string of the molecule is CCN(CC(=O)NC(C)C)Cc1ccc(Cl)cc1Cl. The van der Waals surface area contributed by atoms with Gasteiger partial charge in [-0.1, -0.05) is 36.2 Å². The minimum Gasteiger partial charge on any atom is -0.353 e. The zero-order valence-corrected chi connectivity index (χ0v) is 13.1. The minimum atomic E-state index is 0.0296. The normalized spacial score (nSPS) is 11.1. The van der Waals surface area contributed by atoms with Crippen LogP contribution in [-0.2, 0) is 11.3 Å². The van der Waals surface area contributed by atoms with E-state index in [-0.39, 0.29) is 11.9 Å². The third-order valence-electron chi connectivity index (χ3n) is 2.67. The third-order valence-corrected chi connectivity index (χ3v) is 3.26. The number of hydrogen-bond acceptors (Lipinski definition) is 2. The lowest BCUT2D eigenvalue weighted by Crippen LogP contribution is -2.39. The Bertz CT molecular complexity index is 435. The summed E-state index contributed by atoms with van der Waals surface area (Å²) in [6.07, 6.45) is 0. The molecule has 0 aromatic heterocycles. The molecular weight excluding hydrogens is 283 g/mol. The van der Waals surface area contributed by atoms with Crippen molar-refractivity contribution in [2.24, 2.45) is 0 Å². The molecule has 0 unspecified atom stereocenters. The van der Waals surface area contributed by atoms with Gasteiger partial charge in [-0.25, -0.2) is 0 Å². The van der Waals surface area contributed by atoms with Crippen molar-refractivity contribution in [1.82, 2.24) is 10.2 Å². The van der Waals surface area contributed by atoms with Gasteiger partial charge >= 0.3 is 0 Å². The second-order valence-corrected chi connectivity index (χ2v) is 5.60. The number of benzene rings is 1. The van der Waals surface area contributed by atoms with E-state index in [1.54, 1.807) is 6.07 Å². The van der Waals surface area contributed by atoms with Gasteiger partial charge in [-0.05, 0) is 38.1 Å². The minimum absolute atomic E-state index is 0.0296. The summed E-state index contributed by atoms with van der Waals surface area (Å²) in [6.45, 7) is 7.71. The zero-order chi connectivity index (χ0) is 14.4. The molecule has 1 N–H and O–H groups in total. The maximum Gasteiger partial charge on any atom is 0.234 e. The molecule has 0 heterocycles. The molecule has 106 valence electrons. The Balaban J connectivity index is 2.63. The smallest absolute Gasteiger partial charge is 0.234 e. The highest BCUT2D eigenvalue weighted by molar-refractivity contribution is 6.35. The third kappa shape index (κ3) is 5.81. The highest BCUT2D eigenvalue weighted by Crippen LogP contribution is 2.22. The molecule has 19 heavy (non-hydrogen) atoms.